The number of hydrogen-bond donors (Lipinski definition) is 4. The maximum absolute atomic E-state index is 12.2. The molecule has 1 aliphatic rings. The van der Waals surface area contributed by atoms with Gasteiger partial charge in [-0.25, -0.2) is 4.79 Å². The van der Waals surface area contributed by atoms with E-state index in [2.05, 4.69) is 28.1 Å². The predicted molar refractivity (Wildman–Crippen MR) is 122 cm³/mol. The van der Waals surface area contributed by atoms with Gasteiger partial charge in [0.25, 0.3) is 0 Å². The number of benzene rings is 2. The number of hydrogen-bond acceptors (Lipinski definition) is 6. The van der Waals surface area contributed by atoms with Gasteiger partial charge < -0.3 is 30.5 Å². The molecule has 34 heavy (non-hydrogen) atoms. The minimum atomic E-state index is -1.19. The number of carbonyl (C=O) groups is 4. The molecule has 1 atom stereocenters. The Bertz CT molecular complexity index is 1010. The third-order valence-corrected chi connectivity index (χ3v) is 5.46. The molecule has 0 heterocycles. The lowest BCUT2D eigenvalue weighted by Gasteiger charge is -2.17. The van der Waals surface area contributed by atoms with Gasteiger partial charge in [-0.2, -0.15) is 0 Å². The molecule has 0 aromatic heterocycles. The van der Waals surface area contributed by atoms with Crippen molar-refractivity contribution in [3.63, 3.8) is 0 Å². The van der Waals surface area contributed by atoms with Crippen LogP contribution in [0.15, 0.2) is 48.5 Å². The Balaban J connectivity index is 1.42. The highest BCUT2D eigenvalue weighted by molar-refractivity contribution is 5.88. The second-order valence-corrected chi connectivity index (χ2v) is 7.65. The highest BCUT2D eigenvalue weighted by Gasteiger charge is 2.29. The number of carboxylic acids is 1. The molecule has 0 spiro atoms. The molecule has 0 aliphatic heterocycles. The number of amides is 3. The third kappa shape index (κ3) is 6.32. The summed E-state index contributed by atoms with van der Waals surface area (Å²) < 4.78 is 10.6. The van der Waals surface area contributed by atoms with E-state index in [0.717, 1.165) is 22.3 Å². The number of fused-ring (bicyclic) bond motifs is 3. The predicted octanol–water partition coefficient (Wildman–Crippen LogP) is 1.25. The Morgan fingerprint density at radius 3 is 2.12 bits per heavy atom. The maximum Gasteiger partial charge on any atom is 0.407 e. The molecule has 3 rings (SSSR count). The Kier molecular flexibility index (Phi) is 8.58. The summed E-state index contributed by atoms with van der Waals surface area (Å²) in [5, 5.41) is 15.6. The molecule has 1 aliphatic carbocycles. The fourth-order valence-electron chi connectivity index (χ4n) is 3.83. The second-order valence-electron chi connectivity index (χ2n) is 7.65. The molecule has 10 nitrogen and oxygen atoms in total. The monoisotopic (exact) mass is 469 g/mol. The average Bonchev–Trinajstić information content (AvgIpc) is 3.16. The van der Waals surface area contributed by atoms with Crippen LogP contribution in [-0.2, 0) is 23.9 Å². The fourth-order valence-corrected chi connectivity index (χ4v) is 3.83. The molecule has 2 aromatic carbocycles. The van der Waals surface area contributed by atoms with Crippen molar-refractivity contribution in [1.82, 2.24) is 16.0 Å². The van der Waals surface area contributed by atoms with E-state index >= 15 is 0 Å². The fraction of sp³-hybridized carbons (Fsp3) is 0.333. The van der Waals surface area contributed by atoms with Crippen LogP contribution >= 0.6 is 0 Å². The van der Waals surface area contributed by atoms with Crippen LogP contribution in [-0.4, -0.2) is 68.4 Å². The average molecular weight is 469 g/mol. The van der Waals surface area contributed by atoms with Gasteiger partial charge in [0.05, 0.1) is 6.54 Å². The number of ether oxygens (including phenoxy) is 2. The smallest absolute Gasteiger partial charge is 0.407 e. The maximum atomic E-state index is 12.2. The Morgan fingerprint density at radius 2 is 1.53 bits per heavy atom. The molecular formula is C24H27N3O7. The lowest BCUT2D eigenvalue weighted by Crippen LogP contribution is -2.44. The quantitative estimate of drug-likeness (QED) is 0.388. The lowest BCUT2D eigenvalue weighted by atomic mass is 9.98. The third-order valence-electron chi connectivity index (χ3n) is 5.46. The van der Waals surface area contributed by atoms with Crippen molar-refractivity contribution in [2.45, 2.75) is 18.4 Å². The first-order chi connectivity index (χ1) is 16.4. The van der Waals surface area contributed by atoms with Crippen molar-refractivity contribution in [2.75, 3.05) is 33.4 Å². The minimum Gasteiger partial charge on any atom is -0.480 e. The zero-order valence-electron chi connectivity index (χ0n) is 18.7. The van der Waals surface area contributed by atoms with Gasteiger partial charge in [0.15, 0.2) is 0 Å². The molecule has 3 amide bonds. The van der Waals surface area contributed by atoms with E-state index in [0.29, 0.717) is 0 Å². The van der Waals surface area contributed by atoms with Gasteiger partial charge in [-0.05, 0) is 22.3 Å². The van der Waals surface area contributed by atoms with Gasteiger partial charge in [-0.1, -0.05) is 48.5 Å². The van der Waals surface area contributed by atoms with Gasteiger partial charge in [-0.3, -0.25) is 14.4 Å². The van der Waals surface area contributed by atoms with E-state index in [1.165, 1.54) is 7.11 Å². The van der Waals surface area contributed by atoms with Crippen molar-refractivity contribution in [2.24, 2.45) is 0 Å². The number of rotatable bonds is 11. The zero-order valence-corrected chi connectivity index (χ0v) is 18.7. The molecule has 0 radical (unpaired) electrons. The summed E-state index contributed by atoms with van der Waals surface area (Å²) in [5.41, 5.74) is 4.50. The standard InChI is InChI=1S/C24H27N3O7/c1-33-20(23(31)27-12-21(28)26-13-22(29)30)10-11-25-24(32)34-14-19-17-8-4-2-6-15(17)16-7-3-5-9-18(16)19/h2-9,19-20H,10-14H2,1H3,(H,25,32)(H,26,28)(H,27,31)(H,29,30). The van der Waals surface area contributed by atoms with E-state index in [1.807, 2.05) is 36.4 Å². The van der Waals surface area contributed by atoms with Crippen molar-refractivity contribution in [3.8, 4) is 11.1 Å². The van der Waals surface area contributed by atoms with E-state index in [9.17, 15) is 19.2 Å². The molecule has 0 saturated carbocycles. The molecule has 2 aromatic rings. The number of nitrogens with one attached hydrogen (secondary N) is 3. The molecule has 0 saturated heterocycles. The molecule has 0 bridgehead atoms. The van der Waals surface area contributed by atoms with Crippen LogP contribution < -0.4 is 16.0 Å². The summed E-state index contributed by atoms with van der Waals surface area (Å²) in [6.07, 6.45) is -1.35. The van der Waals surface area contributed by atoms with E-state index in [-0.39, 0.29) is 32.0 Å². The van der Waals surface area contributed by atoms with E-state index < -0.39 is 36.5 Å². The second kappa shape index (κ2) is 11.8. The van der Waals surface area contributed by atoms with Crippen LogP contribution in [0.25, 0.3) is 11.1 Å². The van der Waals surface area contributed by atoms with E-state index in [1.54, 1.807) is 0 Å². The highest BCUT2D eigenvalue weighted by Crippen LogP contribution is 2.44. The first-order valence-corrected chi connectivity index (χ1v) is 10.8. The van der Waals surface area contributed by atoms with Crippen LogP contribution in [0.1, 0.15) is 23.5 Å². The summed E-state index contributed by atoms with van der Waals surface area (Å²) in [7, 11) is 1.34. The van der Waals surface area contributed by atoms with Crippen molar-refractivity contribution < 1.29 is 33.8 Å². The molecule has 180 valence electrons. The number of aliphatic carboxylic acids is 1. The van der Waals surface area contributed by atoms with Crippen molar-refractivity contribution >= 4 is 23.9 Å². The number of carboxylic acid groups (broad SMARTS) is 1. The Labute approximate surface area is 196 Å². The lowest BCUT2D eigenvalue weighted by molar-refractivity contribution is -0.138. The van der Waals surface area contributed by atoms with Gasteiger partial charge in [-0.15, -0.1) is 0 Å². The Morgan fingerprint density at radius 1 is 0.912 bits per heavy atom. The summed E-state index contributed by atoms with van der Waals surface area (Å²) in [4.78, 5) is 46.3. The van der Waals surface area contributed by atoms with Crippen LogP contribution in [0, 0.1) is 0 Å². The van der Waals surface area contributed by atoms with Crippen molar-refractivity contribution in [1.29, 1.82) is 0 Å². The normalized spacial score (nSPS) is 12.7. The van der Waals surface area contributed by atoms with Gasteiger partial charge in [0.1, 0.15) is 19.3 Å². The van der Waals surface area contributed by atoms with Crippen LogP contribution in [0.3, 0.4) is 0 Å². The van der Waals surface area contributed by atoms with Gasteiger partial charge in [0, 0.05) is 26.0 Å². The number of methoxy groups -OCH3 is 1. The summed E-state index contributed by atoms with van der Waals surface area (Å²) >= 11 is 0. The summed E-state index contributed by atoms with van der Waals surface area (Å²) in [6.45, 7) is -0.619. The van der Waals surface area contributed by atoms with Crippen LogP contribution in [0.2, 0.25) is 0 Å². The topological polar surface area (TPSA) is 143 Å². The molecule has 10 heteroatoms. The molecular weight excluding hydrogens is 442 g/mol. The molecule has 0 fully saturated rings. The van der Waals surface area contributed by atoms with Gasteiger partial charge in [0.2, 0.25) is 11.8 Å². The Hall–Kier alpha value is -3.92. The zero-order chi connectivity index (χ0) is 24.5. The highest BCUT2D eigenvalue weighted by atomic mass is 16.5. The SMILES string of the molecule is COC(CCNC(=O)OCC1c2ccccc2-c2ccccc21)C(=O)NCC(=O)NCC(=O)O. The first-order valence-electron chi connectivity index (χ1n) is 10.8. The summed E-state index contributed by atoms with van der Waals surface area (Å²) in [6, 6.07) is 16.1. The van der Waals surface area contributed by atoms with Gasteiger partial charge >= 0.3 is 12.1 Å². The summed E-state index contributed by atoms with van der Waals surface area (Å²) in [5.74, 6) is -2.43. The minimum absolute atomic E-state index is 0.0528. The largest absolute Gasteiger partial charge is 0.480 e. The van der Waals surface area contributed by atoms with Crippen LogP contribution in [0.4, 0.5) is 4.79 Å². The number of alkyl carbamates (subject to hydrolysis) is 1. The first kappa shape index (κ1) is 24.7. The molecule has 4 N–H and O–H groups in total. The van der Waals surface area contributed by atoms with E-state index in [4.69, 9.17) is 14.6 Å². The van der Waals surface area contributed by atoms with Crippen molar-refractivity contribution in [3.05, 3.63) is 59.7 Å². The number of carbonyl (C=O) groups excluding carboxylic acids is 3. The van der Waals surface area contributed by atoms with Crippen LogP contribution in [0.5, 0.6) is 0 Å². The molecule has 1 unspecified atom stereocenters.